The van der Waals surface area contributed by atoms with Crippen molar-refractivity contribution in [3.63, 3.8) is 0 Å². The minimum absolute atomic E-state index is 0.0157. The maximum Gasteiger partial charge on any atom is 0.305 e. The van der Waals surface area contributed by atoms with Crippen molar-refractivity contribution in [1.29, 1.82) is 0 Å². The Labute approximate surface area is 235 Å². The lowest BCUT2D eigenvalue weighted by molar-refractivity contribution is -0.384. The molecule has 41 heavy (non-hydrogen) atoms. The van der Waals surface area contributed by atoms with Gasteiger partial charge in [0.15, 0.2) is 11.5 Å². The van der Waals surface area contributed by atoms with Crippen LogP contribution in [0.25, 0.3) is 0 Å². The number of anilines is 1. The van der Waals surface area contributed by atoms with Crippen molar-refractivity contribution in [3.05, 3.63) is 87.7 Å². The zero-order valence-corrected chi connectivity index (χ0v) is 22.5. The predicted molar refractivity (Wildman–Crippen MR) is 147 cm³/mol. The average Bonchev–Trinajstić information content (AvgIpc) is 2.99. The molecule has 214 valence electrons. The van der Waals surface area contributed by atoms with Gasteiger partial charge < -0.3 is 29.7 Å². The van der Waals surface area contributed by atoms with Crippen molar-refractivity contribution >= 4 is 29.2 Å². The molecule has 0 aliphatic carbocycles. The highest BCUT2D eigenvalue weighted by Crippen LogP contribution is 2.32. The van der Waals surface area contributed by atoms with Crippen LogP contribution in [0.1, 0.15) is 38.7 Å². The van der Waals surface area contributed by atoms with Crippen molar-refractivity contribution in [2.24, 2.45) is 0 Å². The highest BCUT2D eigenvalue weighted by molar-refractivity contribution is 5.96. The van der Waals surface area contributed by atoms with Crippen molar-refractivity contribution in [1.82, 2.24) is 15.2 Å². The molecule has 3 aromatic rings. The lowest BCUT2D eigenvalue weighted by atomic mass is 10.0. The van der Waals surface area contributed by atoms with Gasteiger partial charge in [-0.3, -0.25) is 29.5 Å². The Morgan fingerprint density at radius 3 is 2.34 bits per heavy atom. The van der Waals surface area contributed by atoms with Crippen LogP contribution in [0.5, 0.6) is 11.5 Å². The Hall–Kier alpha value is -5.20. The number of methoxy groups -OCH3 is 2. The number of carboxylic acid groups (broad SMARTS) is 1. The summed E-state index contributed by atoms with van der Waals surface area (Å²) in [5.41, 5.74) is 0.995. The molecule has 1 fully saturated rings. The summed E-state index contributed by atoms with van der Waals surface area (Å²) < 4.78 is 10.5. The maximum absolute atomic E-state index is 13.1. The average molecular weight is 564 g/mol. The molecule has 1 atom stereocenters. The molecule has 1 aliphatic rings. The fraction of sp³-hybridized carbons (Fsp3) is 0.286. The molecule has 2 aromatic carbocycles. The van der Waals surface area contributed by atoms with E-state index in [2.05, 4.69) is 10.3 Å². The number of carbonyl (C=O) groups excluding carboxylic acids is 2. The number of pyridine rings is 1. The van der Waals surface area contributed by atoms with E-state index in [1.54, 1.807) is 40.1 Å². The first-order valence-corrected chi connectivity index (χ1v) is 12.7. The SMILES string of the molecule is COc1ccc(C(=O)N2CCN(c3ccc(C(=O)NC(CC(=O)O)c4cccnc4)cc3[N+](=O)[O-])CC2)cc1OC. The van der Waals surface area contributed by atoms with Crippen LogP contribution in [-0.4, -0.2) is 78.1 Å². The second kappa shape index (κ2) is 12.8. The van der Waals surface area contributed by atoms with Crippen molar-refractivity contribution in [3.8, 4) is 11.5 Å². The first-order chi connectivity index (χ1) is 19.7. The van der Waals surface area contributed by atoms with Crippen LogP contribution >= 0.6 is 0 Å². The van der Waals surface area contributed by atoms with Gasteiger partial charge in [-0.15, -0.1) is 0 Å². The third kappa shape index (κ3) is 6.69. The van der Waals surface area contributed by atoms with Gasteiger partial charge in [0, 0.05) is 55.8 Å². The molecular formula is C28H29N5O8. The lowest BCUT2D eigenvalue weighted by Gasteiger charge is -2.36. The first-order valence-electron chi connectivity index (χ1n) is 12.7. The zero-order chi connectivity index (χ0) is 29.5. The topological polar surface area (TPSA) is 164 Å². The van der Waals surface area contributed by atoms with Gasteiger partial charge in [-0.25, -0.2) is 0 Å². The second-order valence-electron chi connectivity index (χ2n) is 9.22. The van der Waals surface area contributed by atoms with Gasteiger partial charge in [0.1, 0.15) is 5.69 Å². The summed E-state index contributed by atoms with van der Waals surface area (Å²) in [6, 6.07) is 11.4. The molecule has 0 spiro atoms. The minimum Gasteiger partial charge on any atom is -0.493 e. The van der Waals surface area contributed by atoms with E-state index in [1.165, 1.54) is 44.8 Å². The monoisotopic (exact) mass is 563 g/mol. The molecule has 1 aromatic heterocycles. The number of nitro groups is 1. The molecular weight excluding hydrogens is 534 g/mol. The minimum atomic E-state index is -1.12. The highest BCUT2D eigenvalue weighted by atomic mass is 16.6. The predicted octanol–water partition coefficient (Wildman–Crippen LogP) is 2.92. The van der Waals surface area contributed by atoms with E-state index >= 15 is 0 Å². The maximum atomic E-state index is 13.1. The molecule has 2 heterocycles. The van der Waals surface area contributed by atoms with Crippen LogP contribution in [0, 0.1) is 10.1 Å². The molecule has 13 nitrogen and oxygen atoms in total. The number of nitro benzene ring substituents is 1. The van der Waals surface area contributed by atoms with Crippen LogP contribution < -0.4 is 19.7 Å². The van der Waals surface area contributed by atoms with E-state index in [0.29, 0.717) is 54.5 Å². The summed E-state index contributed by atoms with van der Waals surface area (Å²) in [6.07, 6.45) is 2.59. The molecule has 1 aliphatic heterocycles. The van der Waals surface area contributed by atoms with Gasteiger partial charge in [0.05, 0.1) is 31.6 Å². The van der Waals surface area contributed by atoms with Crippen molar-refractivity contribution < 1.29 is 33.9 Å². The third-order valence-corrected chi connectivity index (χ3v) is 6.74. The molecule has 2 amide bonds. The van der Waals surface area contributed by atoms with Crippen LogP contribution in [-0.2, 0) is 4.79 Å². The van der Waals surface area contributed by atoms with Crippen LogP contribution in [0.4, 0.5) is 11.4 Å². The number of carboxylic acids is 1. The molecule has 0 saturated carbocycles. The lowest BCUT2D eigenvalue weighted by Crippen LogP contribution is -2.49. The normalized spacial score (nSPS) is 13.7. The van der Waals surface area contributed by atoms with Gasteiger partial charge >= 0.3 is 5.97 Å². The number of hydrogen-bond acceptors (Lipinski definition) is 9. The van der Waals surface area contributed by atoms with Gasteiger partial charge in [0.25, 0.3) is 17.5 Å². The smallest absolute Gasteiger partial charge is 0.305 e. The number of benzene rings is 2. The number of aliphatic carboxylic acids is 1. The fourth-order valence-corrected chi connectivity index (χ4v) is 4.63. The van der Waals surface area contributed by atoms with Crippen LogP contribution in [0.3, 0.4) is 0 Å². The summed E-state index contributed by atoms with van der Waals surface area (Å²) >= 11 is 0. The Bertz CT molecular complexity index is 1440. The van der Waals surface area contributed by atoms with E-state index in [-0.39, 0.29) is 23.6 Å². The molecule has 2 N–H and O–H groups in total. The molecule has 1 saturated heterocycles. The number of rotatable bonds is 10. The highest BCUT2D eigenvalue weighted by Gasteiger charge is 2.28. The Morgan fingerprint density at radius 1 is 1.02 bits per heavy atom. The number of aromatic nitrogens is 1. The number of nitrogens with zero attached hydrogens (tertiary/aromatic N) is 4. The number of hydrogen-bond donors (Lipinski definition) is 2. The standard InChI is InChI=1S/C28H29N5O8/c1-40-24-8-6-19(15-25(24)41-2)28(37)32-12-10-31(11-13-32)22-7-5-18(14-23(22)33(38)39)27(36)30-21(16-26(34)35)20-4-3-9-29-17-20/h3-9,14-15,17,21H,10-13,16H2,1-2H3,(H,30,36)(H,34,35). The third-order valence-electron chi connectivity index (χ3n) is 6.74. The Morgan fingerprint density at radius 2 is 1.73 bits per heavy atom. The quantitative estimate of drug-likeness (QED) is 0.277. The van der Waals surface area contributed by atoms with Crippen molar-refractivity contribution in [2.75, 3.05) is 45.3 Å². The molecule has 1 unspecified atom stereocenters. The first kappa shape index (κ1) is 28.8. The van der Waals surface area contributed by atoms with E-state index in [0.717, 1.165) is 0 Å². The van der Waals surface area contributed by atoms with Gasteiger partial charge in [-0.05, 0) is 42.0 Å². The van der Waals surface area contributed by atoms with Gasteiger partial charge in [-0.2, -0.15) is 0 Å². The summed E-state index contributed by atoms with van der Waals surface area (Å²) in [5, 5.41) is 23.9. The van der Waals surface area contributed by atoms with Crippen LogP contribution in [0.2, 0.25) is 0 Å². The summed E-state index contributed by atoms with van der Waals surface area (Å²) in [5.74, 6) is -1.03. The fourth-order valence-electron chi connectivity index (χ4n) is 4.63. The van der Waals surface area contributed by atoms with Crippen LogP contribution in [0.15, 0.2) is 60.9 Å². The van der Waals surface area contributed by atoms with E-state index in [4.69, 9.17) is 9.47 Å². The largest absolute Gasteiger partial charge is 0.493 e. The number of piperazine rings is 1. The number of amides is 2. The number of carbonyl (C=O) groups is 3. The molecule has 0 bridgehead atoms. The van der Waals surface area contributed by atoms with E-state index < -0.39 is 22.8 Å². The van der Waals surface area contributed by atoms with Crippen molar-refractivity contribution in [2.45, 2.75) is 12.5 Å². The molecule has 0 radical (unpaired) electrons. The Kier molecular flexibility index (Phi) is 8.97. The summed E-state index contributed by atoms with van der Waals surface area (Å²) in [6.45, 7) is 1.34. The van der Waals surface area contributed by atoms with E-state index in [9.17, 15) is 29.6 Å². The summed E-state index contributed by atoms with van der Waals surface area (Å²) in [4.78, 5) is 56.3. The zero-order valence-electron chi connectivity index (χ0n) is 22.5. The van der Waals surface area contributed by atoms with Gasteiger partial charge in [0.2, 0.25) is 0 Å². The van der Waals surface area contributed by atoms with E-state index in [1.807, 2.05) is 0 Å². The number of nitrogens with one attached hydrogen (secondary N) is 1. The second-order valence-corrected chi connectivity index (χ2v) is 9.22. The van der Waals surface area contributed by atoms with Gasteiger partial charge in [-0.1, -0.05) is 6.07 Å². The molecule has 13 heteroatoms. The number of ether oxygens (including phenoxy) is 2. The summed E-state index contributed by atoms with van der Waals surface area (Å²) in [7, 11) is 3.00. The molecule has 4 rings (SSSR count). The Balaban J connectivity index is 1.47.